The zero-order chi connectivity index (χ0) is 15.5. The molecule has 0 aliphatic heterocycles. The Kier molecular flexibility index (Phi) is 8.60. The van der Waals surface area contributed by atoms with Crippen LogP contribution in [-0.2, 0) is 13.0 Å². The summed E-state index contributed by atoms with van der Waals surface area (Å²) in [5.41, 5.74) is 7.88. The van der Waals surface area contributed by atoms with Crippen LogP contribution in [0.5, 0.6) is 11.5 Å². The maximum absolute atomic E-state index is 5.98. The SMILES string of the molecule is C=CCc1cc(CN)cc(OC)c1OCCCCCCC. The summed E-state index contributed by atoms with van der Waals surface area (Å²) in [4.78, 5) is 0. The number of ether oxygens (including phenoxy) is 2. The maximum atomic E-state index is 5.98. The molecule has 0 spiro atoms. The summed E-state index contributed by atoms with van der Waals surface area (Å²) < 4.78 is 11.4. The van der Waals surface area contributed by atoms with E-state index in [4.69, 9.17) is 15.2 Å². The highest BCUT2D eigenvalue weighted by Crippen LogP contribution is 2.33. The molecular formula is C18H29NO2. The van der Waals surface area contributed by atoms with Crippen molar-refractivity contribution in [1.82, 2.24) is 0 Å². The fourth-order valence-corrected chi connectivity index (χ4v) is 2.34. The Morgan fingerprint density at radius 1 is 1.19 bits per heavy atom. The minimum atomic E-state index is 0.498. The average molecular weight is 291 g/mol. The fraction of sp³-hybridized carbons (Fsp3) is 0.556. The molecule has 118 valence electrons. The smallest absolute Gasteiger partial charge is 0.164 e. The Hall–Kier alpha value is -1.48. The molecule has 3 heteroatoms. The van der Waals surface area contributed by atoms with E-state index in [0.717, 1.165) is 42.1 Å². The third-order valence-corrected chi connectivity index (χ3v) is 3.51. The number of hydrogen-bond donors (Lipinski definition) is 1. The molecule has 0 fully saturated rings. The van der Waals surface area contributed by atoms with Crippen LogP contribution < -0.4 is 15.2 Å². The van der Waals surface area contributed by atoms with E-state index in [9.17, 15) is 0 Å². The first-order valence-corrected chi connectivity index (χ1v) is 7.90. The van der Waals surface area contributed by atoms with E-state index in [1.165, 1.54) is 25.7 Å². The number of unbranched alkanes of at least 4 members (excludes halogenated alkanes) is 4. The molecule has 2 N–H and O–H groups in total. The third-order valence-electron chi connectivity index (χ3n) is 3.51. The fourth-order valence-electron chi connectivity index (χ4n) is 2.34. The van der Waals surface area contributed by atoms with Crippen LogP contribution in [0.15, 0.2) is 24.8 Å². The lowest BCUT2D eigenvalue weighted by Crippen LogP contribution is -2.05. The van der Waals surface area contributed by atoms with Crippen LogP contribution in [0, 0.1) is 0 Å². The van der Waals surface area contributed by atoms with E-state index in [0.29, 0.717) is 6.54 Å². The zero-order valence-corrected chi connectivity index (χ0v) is 13.5. The molecule has 0 heterocycles. The van der Waals surface area contributed by atoms with Gasteiger partial charge in [0.2, 0.25) is 0 Å². The quantitative estimate of drug-likeness (QED) is 0.490. The lowest BCUT2D eigenvalue weighted by Gasteiger charge is -2.16. The minimum Gasteiger partial charge on any atom is -0.493 e. The van der Waals surface area contributed by atoms with Gasteiger partial charge in [0, 0.05) is 12.1 Å². The Labute approximate surface area is 129 Å². The first-order valence-electron chi connectivity index (χ1n) is 7.90. The summed E-state index contributed by atoms with van der Waals surface area (Å²) >= 11 is 0. The topological polar surface area (TPSA) is 44.5 Å². The van der Waals surface area contributed by atoms with Crippen LogP contribution in [0.4, 0.5) is 0 Å². The van der Waals surface area contributed by atoms with E-state index < -0.39 is 0 Å². The molecule has 0 saturated carbocycles. The van der Waals surface area contributed by atoms with Crippen molar-refractivity contribution in [1.29, 1.82) is 0 Å². The van der Waals surface area contributed by atoms with Gasteiger partial charge < -0.3 is 15.2 Å². The van der Waals surface area contributed by atoms with Crippen LogP contribution in [0.25, 0.3) is 0 Å². The third kappa shape index (κ3) is 5.80. The Bertz CT molecular complexity index is 429. The van der Waals surface area contributed by atoms with Gasteiger partial charge >= 0.3 is 0 Å². The van der Waals surface area contributed by atoms with Crippen LogP contribution in [-0.4, -0.2) is 13.7 Å². The highest BCUT2D eigenvalue weighted by molar-refractivity contribution is 5.50. The van der Waals surface area contributed by atoms with Gasteiger partial charge in [-0.15, -0.1) is 6.58 Å². The van der Waals surface area contributed by atoms with Crippen molar-refractivity contribution in [3.05, 3.63) is 35.9 Å². The van der Waals surface area contributed by atoms with Crippen molar-refractivity contribution in [3.63, 3.8) is 0 Å². The van der Waals surface area contributed by atoms with Gasteiger partial charge in [-0.25, -0.2) is 0 Å². The molecule has 0 aromatic heterocycles. The summed E-state index contributed by atoms with van der Waals surface area (Å²) in [7, 11) is 1.67. The normalized spacial score (nSPS) is 10.4. The maximum Gasteiger partial charge on any atom is 0.164 e. The number of methoxy groups -OCH3 is 1. The lowest BCUT2D eigenvalue weighted by molar-refractivity contribution is 0.282. The molecule has 1 aromatic carbocycles. The van der Waals surface area contributed by atoms with E-state index in [-0.39, 0.29) is 0 Å². The van der Waals surface area contributed by atoms with Crippen LogP contribution in [0.3, 0.4) is 0 Å². The molecule has 0 saturated heterocycles. The monoisotopic (exact) mass is 291 g/mol. The van der Waals surface area contributed by atoms with Crippen molar-refractivity contribution >= 4 is 0 Å². The summed E-state index contributed by atoms with van der Waals surface area (Å²) in [6, 6.07) is 4.04. The number of rotatable bonds is 11. The standard InChI is InChI=1S/C18H29NO2/c1-4-6-7-8-9-11-21-18-16(10-5-2)12-15(14-19)13-17(18)20-3/h5,12-13H,2,4,6-11,14,19H2,1,3H3. The largest absolute Gasteiger partial charge is 0.493 e. The highest BCUT2D eigenvalue weighted by Gasteiger charge is 2.12. The van der Waals surface area contributed by atoms with Crippen molar-refractivity contribution < 1.29 is 9.47 Å². The zero-order valence-electron chi connectivity index (χ0n) is 13.5. The van der Waals surface area contributed by atoms with Crippen LogP contribution in [0.2, 0.25) is 0 Å². The number of hydrogen-bond acceptors (Lipinski definition) is 3. The second-order valence-corrected chi connectivity index (χ2v) is 5.25. The molecule has 0 unspecified atom stereocenters. The van der Waals surface area contributed by atoms with Gasteiger partial charge in [-0.3, -0.25) is 0 Å². The Morgan fingerprint density at radius 3 is 2.57 bits per heavy atom. The molecule has 1 rings (SSSR count). The summed E-state index contributed by atoms with van der Waals surface area (Å²) in [6.45, 7) is 7.26. The molecule has 0 amide bonds. The van der Waals surface area contributed by atoms with Crippen molar-refractivity contribution in [3.8, 4) is 11.5 Å². The molecule has 0 aliphatic rings. The van der Waals surface area contributed by atoms with Crippen molar-refractivity contribution in [2.45, 2.75) is 52.0 Å². The van der Waals surface area contributed by atoms with Crippen LogP contribution in [0.1, 0.15) is 50.2 Å². The van der Waals surface area contributed by atoms with Crippen molar-refractivity contribution in [2.75, 3.05) is 13.7 Å². The average Bonchev–Trinajstić information content (AvgIpc) is 2.51. The molecule has 3 nitrogen and oxygen atoms in total. The predicted molar refractivity (Wildman–Crippen MR) is 89.0 cm³/mol. The summed E-state index contributed by atoms with van der Waals surface area (Å²) in [5, 5.41) is 0. The Morgan fingerprint density at radius 2 is 1.95 bits per heavy atom. The van der Waals surface area contributed by atoms with E-state index >= 15 is 0 Å². The molecule has 0 atom stereocenters. The predicted octanol–water partition coefficient (Wildman–Crippen LogP) is 4.23. The second-order valence-electron chi connectivity index (χ2n) is 5.25. The van der Waals surface area contributed by atoms with Gasteiger partial charge in [0.05, 0.1) is 13.7 Å². The summed E-state index contributed by atoms with van der Waals surface area (Å²) in [5.74, 6) is 1.61. The molecular weight excluding hydrogens is 262 g/mol. The summed E-state index contributed by atoms with van der Waals surface area (Å²) in [6.07, 6.45) is 8.78. The number of nitrogens with two attached hydrogens (primary N) is 1. The Balaban J connectivity index is 2.71. The van der Waals surface area contributed by atoms with E-state index in [1.54, 1.807) is 7.11 Å². The first kappa shape index (κ1) is 17.6. The van der Waals surface area contributed by atoms with Gasteiger partial charge in [-0.05, 0) is 24.5 Å². The molecule has 0 bridgehead atoms. The second kappa shape index (κ2) is 10.3. The first-order chi connectivity index (χ1) is 10.3. The van der Waals surface area contributed by atoms with Gasteiger partial charge in [0.15, 0.2) is 11.5 Å². The van der Waals surface area contributed by atoms with E-state index in [1.807, 2.05) is 12.1 Å². The minimum absolute atomic E-state index is 0.498. The van der Waals surface area contributed by atoms with E-state index in [2.05, 4.69) is 19.6 Å². The molecule has 0 aliphatic carbocycles. The van der Waals surface area contributed by atoms with Gasteiger partial charge in [-0.1, -0.05) is 44.7 Å². The molecule has 1 aromatic rings. The van der Waals surface area contributed by atoms with Gasteiger partial charge in [0.25, 0.3) is 0 Å². The highest BCUT2D eigenvalue weighted by atomic mass is 16.5. The van der Waals surface area contributed by atoms with Gasteiger partial charge in [-0.2, -0.15) is 0 Å². The number of benzene rings is 1. The number of allylic oxidation sites excluding steroid dienone is 1. The molecule has 0 radical (unpaired) electrons. The molecule has 21 heavy (non-hydrogen) atoms. The lowest BCUT2D eigenvalue weighted by atomic mass is 10.1. The van der Waals surface area contributed by atoms with Crippen molar-refractivity contribution in [2.24, 2.45) is 5.73 Å². The van der Waals surface area contributed by atoms with Gasteiger partial charge in [0.1, 0.15) is 0 Å². The van der Waals surface area contributed by atoms with Crippen LogP contribution >= 0.6 is 0 Å².